The quantitative estimate of drug-likeness (QED) is 0.665. The molecule has 2 amide bonds. The smallest absolute Gasteiger partial charge is 0.414 e. The Bertz CT molecular complexity index is 815. The fraction of sp³-hybridized carbons (Fsp3) is 0.632. The Balaban J connectivity index is 0.000000469. The minimum Gasteiger partial charge on any atom is -0.473 e. The number of carbonyl (C=O) groups excluding carboxylic acids is 2. The van der Waals surface area contributed by atoms with Crippen LogP contribution in [0.5, 0.6) is 0 Å². The van der Waals surface area contributed by atoms with Crippen molar-refractivity contribution in [2.45, 2.75) is 52.9 Å². The normalized spacial score (nSPS) is 17.4. The van der Waals surface area contributed by atoms with Gasteiger partial charge in [0.2, 0.25) is 11.8 Å². The van der Waals surface area contributed by atoms with Gasteiger partial charge >= 0.3 is 11.9 Å². The molecule has 3 rings (SSSR count). The lowest BCUT2D eigenvalue weighted by Crippen LogP contribution is -2.33. The van der Waals surface area contributed by atoms with Crippen molar-refractivity contribution >= 4 is 23.8 Å². The fourth-order valence-corrected chi connectivity index (χ4v) is 3.37. The summed E-state index contributed by atoms with van der Waals surface area (Å²) in [5.74, 6) is -3.48. The van der Waals surface area contributed by atoms with Crippen LogP contribution in [0.3, 0.4) is 0 Å². The molecule has 30 heavy (non-hydrogen) atoms. The van der Waals surface area contributed by atoms with Crippen molar-refractivity contribution in [2.24, 2.45) is 5.92 Å². The van der Waals surface area contributed by atoms with Gasteiger partial charge in [0.05, 0.1) is 37.0 Å². The largest absolute Gasteiger partial charge is 0.473 e. The SMILES string of the molecule is CC(=O)N(C)Cc1nn(C(C)C)c2c1CN(C(=O)C1CCOC1)C2.O=C(O)C(=O)O. The van der Waals surface area contributed by atoms with Gasteiger partial charge in [0, 0.05) is 38.7 Å². The van der Waals surface area contributed by atoms with E-state index in [0.717, 1.165) is 23.4 Å². The van der Waals surface area contributed by atoms with Crippen LogP contribution in [0.2, 0.25) is 0 Å². The number of carbonyl (C=O) groups is 4. The highest BCUT2D eigenvalue weighted by molar-refractivity contribution is 6.27. The van der Waals surface area contributed by atoms with Gasteiger partial charge in [0.1, 0.15) is 0 Å². The number of fused-ring (bicyclic) bond motifs is 1. The van der Waals surface area contributed by atoms with E-state index < -0.39 is 11.9 Å². The van der Waals surface area contributed by atoms with Gasteiger partial charge in [0.15, 0.2) is 0 Å². The summed E-state index contributed by atoms with van der Waals surface area (Å²) < 4.78 is 7.35. The molecule has 11 nitrogen and oxygen atoms in total. The van der Waals surface area contributed by atoms with Crippen molar-refractivity contribution in [1.29, 1.82) is 0 Å². The maximum atomic E-state index is 12.7. The van der Waals surface area contributed by atoms with Crippen LogP contribution < -0.4 is 0 Å². The van der Waals surface area contributed by atoms with E-state index in [-0.39, 0.29) is 23.8 Å². The molecule has 2 N–H and O–H groups in total. The van der Waals surface area contributed by atoms with Gasteiger partial charge in [0.25, 0.3) is 0 Å². The second-order valence-corrected chi connectivity index (χ2v) is 7.65. The van der Waals surface area contributed by atoms with E-state index in [2.05, 4.69) is 13.8 Å². The molecular formula is C19H28N4O7. The number of aromatic nitrogens is 2. The first-order valence-corrected chi connectivity index (χ1v) is 9.66. The summed E-state index contributed by atoms with van der Waals surface area (Å²) in [6.45, 7) is 8.58. The van der Waals surface area contributed by atoms with Crippen LogP contribution in [0, 0.1) is 5.92 Å². The van der Waals surface area contributed by atoms with Gasteiger partial charge in [-0.3, -0.25) is 14.3 Å². The van der Waals surface area contributed by atoms with Gasteiger partial charge in [-0.05, 0) is 20.3 Å². The number of nitrogens with zero attached hydrogens (tertiary/aromatic N) is 4. The van der Waals surface area contributed by atoms with Gasteiger partial charge in [-0.1, -0.05) is 0 Å². The Morgan fingerprint density at radius 3 is 2.30 bits per heavy atom. The number of carboxylic acids is 2. The van der Waals surface area contributed by atoms with Crippen LogP contribution in [0.25, 0.3) is 0 Å². The molecule has 1 unspecified atom stereocenters. The number of amides is 2. The van der Waals surface area contributed by atoms with E-state index >= 15 is 0 Å². The second-order valence-electron chi connectivity index (χ2n) is 7.65. The number of aliphatic carboxylic acids is 2. The molecule has 0 aromatic carbocycles. The topological polar surface area (TPSA) is 142 Å². The average Bonchev–Trinajstić information content (AvgIpc) is 3.39. The van der Waals surface area contributed by atoms with Crippen molar-refractivity contribution in [1.82, 2.24) is 19.6 Å². The van der Waals surface area contributed by atoms with Gasteiger partial charge < -0.3 is 24.7 Å². The van der Waals surface area contributed by atoms with E-state index in [1.165, 1.54) is 0 Å². The summed E-state index contributed by atoms with van der Waals surface area (Å²) in [6, 6.07) is 0.222. The van der Waals surface area contributed by atoms with E-state index in [9.17, 15) is 9.59 Å². The molecular weight excluding hydrogens is 396 g/mol. The summed E-state index contributed by atoms with van der Waals surface area (Å²) in [6.07, 6.45) is 0.807. The van der Waals surface area contributed by atoms with Crippen LogP contribution in [-0.4, -0.2) is 73.8 Å². The highest BCUT2D eigenvalue weighted by atomic mass is 16.5. The maximum absolute atomic E-state index is 12.7. The molecule has 0 saturated carbocycles. The standard InChI is InChI=1S/C17H26N4O3.C2H2O4/c1-11(2)21-16-9-20(17(23)13-5-6-24-10-13)7-14(16)15(18-21)8-19(4)12(3)22;3-1(4)2(5)6/h11,13H,5-10H2,1-4H3;(H,3,4)(H,5,6). The predicted molar refractivity (Wildman–Crippen MR) is 103 cm³/mol. The van der Waals surface area contributed by atoms with Crippen molar-refractivity contribution in [3.05, 3.63) is 17.0 Å². The number of carboxylic acid groups (broad SMARTS) is 2. The molecule has 2 aliphatic rings. The Morgan fingerprint density at radius 1 is 1.20 bits per heavy atom. The van der Waals surface area contributed by atoms with Crippen molar-refractivity contribution in [2.75, 3.05) is 20.3 Å². The van der Waals surface area contributed by atoms with Crippen LogP contribution in [0.1, 0.15) is 50.2 Å². The Labute approximate surface area is 174 Å². The molecule has 1 fully saturated rings. The number of ether oxygens (including phenoxy) is 1. The maximum Gasteiger partial charge on any atom is 0.414 e. The van der Waals surface area contributed by atoms with Gasteiger partial charge in [-0.2, -0.15) is 5.10 Å². The average molecular weight is 424 g/mol. The third kappa shape index (κ3) is 5.35. The Morgan fingerprint density at radius 2 is 1.83 bits per heavy atom. The predicted octanol–water partition coefficient (Wildman–Crippen LogP) is 0.477. The zero-order chi connectivity index (χ0) is 22.6. The molecule has 0 spiro atoms. The summed E-state index contributed by atoms with van der Waals surface area (Å²) in [4.78, 5) is 46.0. The summed E-state index contributed by atoms with van der Waals surface area (Å²) >= 11 is 0. The molecule has 0 bridgehead atoms. The third-order valence-corrected chi connectivity index (χ3v) is 5.08. The van der Waals surface area contributed by atoms with Crippen molar-refractivity contribution in [3.63, 3.8) is 0 Å². The zero-order valence-corrected chi connectivity index (χ0v) is 17.6. The Hall–Kier alpha value is -2.95. The van der Waals surface area contributed by atoms with E-state index in [0.29, 0.717) is 32.8 Å². The van der Waals surface area contributed by atoms with Crippen molar-refractivity contribution in [3.8, 4) is 0 Å². The molecule has 0 radical (unpaired) electrons. The molecule has 1 aromatic rings. The lowest BCUT2D eigenvalue weighted by molar-refractivity contribution is -0.159. The highest BCUT2D eigenvalue weighted by Gasteiger charge is 2.35. The van der Waals surface area contributed by atoms with Gasteiger partial charge in [-0.15, -0.1) is 0 Å². The summed E-state index contributed by atoms with van der Waals surface area (Å²) in [5.41, 5.74) is 3.10. The third-order valence-electron chi connectivity index (χ3n) is 5.08. The van der Waals surface area contributed by atoms with Crippen LogP contribution in [0.15, 0.2) is 0 Å². The molecule has 2 aliphatic heterocycles. The highest BCUT2D eigenvalue weighted by Crippen LogP contribution is 2.31. The second kappa shape index (κ2) is 9.70. The minimum atomic E-state index is -1.82. The van der Waals surface area contributed by atoms with Crippen LogP contribution in [-0.2, 0) is 43.5 Å². The molecule has 1 aromatic heterocycles. The number of rotatable bonds is 4. The fourth-order valence-electron chi connectivity index (χ4n) is 3.37. The minimum absolute atomic E-state index is 0.0110. The first-order chi connectivity index (χ1) is 14.0. The Kier molecular flexibility index (Phi) is 7.54. The molecule has 0 aliphatic carbocycles. The summed E-state index contributed by atoms with van der Waals surface area (Å²) in [7, 11) is 1.77. The van der Waals surface area contributed by atoms with Crippen LogP contribution >= 0.6 is 0 Å². The molecule has 166 valence electrons. The van der Waals surface area contributed by atoms with E-state index in [4.69, 9.17) is 29.6 Å². The first kappa shape index (κ1) is 23.3. The molecule has 1 atom stereocenters. The monoisotopic (exact) mass is 424 g/mol. The van der Waals surface area contributed by atoms with Crippen LogP contribution in [0.4, 0.5) is 0 Å². The van der Waals surface area contributed by atoms with E-state index in [1.807, 2.05) is 9.58 Å². The molecule has 3 heterocycles. The lowest BCUT2D eigenvalue weighted by atomic mass is 10.1. The van der Waals surface area contributed by atoms with Gasteiger partial charge in [-0.25, -0.2) is 9.59 Å². The molecule has 1 saturated heterocycles. The zero-order valence-electron chi connectivity index (χ0n) is 17.6. The first-order valence-electron chi connectivity index (χ1n) is 9.66. The summed E-state index contributed by atoms with van der Waals surface area (Å²) in [5, 5.41) is 19.5. The van der Waals surface area contributed by atoms with E-state index in [1.54, 1.807) is 18.9 Å². The number of hydrogen-bond acceptors (Lipinski definition) is 6. The lowest BCUT2D eigenvalue weighted by Gasteiger charge is -2.21. The van der Waals surface area contributed by atoms with Crippen molar-refractivity contribution < 1.29 is 34.1 Å². The number of hydrogen-bond donors (Lipinski definition) is 2. The molecule has 11 heteroatoms.